The second-order valence-electron chi connectivity index (χ2n) is 5.02. The number of nitrogens with one attached hydrogen (secondary N) is 1. The number of pyridine rings is 1. The average Bonchev–Trinajstić information content (AvgIpc) is 2.48. The Bertz CT molecular complexity index is 614. The minimum atomic E-state index is -0.0728. The van der Waals surface area contributed by atoms with Crippen LogP contribution in [0.4, 0.5) is 0 Å². The number of amides is 1. The Balaban J connectivity index is 2.16. The van der Waals surface area contributed by atoms with E-state index in [9.17, 15) is 4.79 Å². The lowest BCUT2D eigenvalue weighted by Crippen LogP contribution is -2.27. The Labute approximate surface area is 137 Å². The van der Waals surface area contributed by atoms with Gasteiger partial charge in [0.15, 0.2) is 0 Å². The van der Waals surface area contributed by atoms with E-state index in [1.807, 2.05) is 30.3 Å². The molecule has 3 nitrogen and oxygen atoms in total. The smallest absolute Gasteiger partial charge is 0.254 e. The first-order chi connectivity index (χ1) is 10.1. The molecule has 1 N–H and O–H groups in total. The van der Waals surface area contributed by atoms with E-state index in [0.717, 1.165) is 14.4 Å². The maximum atomic E-state index is 12.2. The number of aromatic nitrogens is 1. The molecule has 0 fully saturated rings. The molecule has 0 radical (unpaired) electrons. The van der Waals surface area contributed by atoms with Crippen molar-refractivity contribution in [3.05, 3.63) is 52.6 Å². The van der Waals surface area contributed by atoms with Gasteiger partial charge in [0, 0.05) is 22.1 Å². The summed E-state index contributed by atoms with van der Waals surface area (Å²) < 4.78 is 1.03. The molecule has 110 valence electrons. The molecule has 0 aliphatic rings. The molecule has 0 saturated heterocycles. The number of hydrogen-bond acceptors (Lipinski definition) is 3. The molecule has 0 spiro atoms. The van der Waals surface area contributed by atoms with Gasteiger partial charge in [-0.1, -0.05) is 41.5 Å². The van der Waals surface area contributed by atoms with Crippen molar-refractivity contribution in [1.82, 2.24) is 10.3 Å². The van der Waals surface area contributed by atoms with Gasteiger partial charge >= 0.3 is 0 Å². The number of carbonyl (C=O) groups excluding carboxylic acids is 1. The summed E-state index contributed by atoms with van der Waals surface area (Å²) in [5, 5.41) is 3.66. The van der Waals surface area contributed by atoms with Crippen LogP contribution in [0.25, 0.3) is 0 Å². The Morgan fingerprint density at radius 2 is 2.00 bits per heavy atom. The molecular formula is C16H17BrN2OS. The molecule has 0 bridgehead atoms. The van der Waals surface area contributed by atoms with Crippen LogP contribution in [0.1, 0.15) is 24.2 Å². The number of rotatable bonds is 5. The summed E-state index contributed by atoms with van der Waals surface area (Å²) in [4.78, 5) is 17.6. The number of hydrogen-bond donors (Lipinski definition) is 1. The Morgan fingerprint density at radius 1 is 1.29 bits per heavy atom. The highest BCUT2D eigenvalue weighted by Gasteiger charge is 2.13. The molecule has 2 aromatic rings. The molecule has 5 heteroatoms. The van der Waals surface area contributed by atoms with Crippen molar-refractivity contribution in [2.45, 2.75) is 23.8 Å². The number of halogens is 1. The Kier molecular flexibility index (Phi) is 5.82. The molecule has 0 atom stereocenters. The van der Waals surface area contributed by atoms with Crippen LogP contribution in [0.15, 0.2) is 57.0 Å². The number of benzene rings is 1. The van der Waals surface area contributed by atoms with Crippen molar-refractivity contribution in [1.29, 1.82) is 0 Å². The predicted molar refractivity (Wildman–Crippen MR) is 89.7 cm³/mol. The fraction of sp³-hybridized carbons (Fsp3) is 0.250. The maximum Gasteiger partial charge on any atom is 0.254 e. The summed E-state index contributed by atoms with van der Waals surface area (Å²) in [5.74, 6) is 0.351. The Morgan fingerprint density at radius 3 is 2.67 bits per heavy atom. The zero-order chi connectivity index (χ0) is 15.2. The van der Waals surface area contributed by atoms with Gasteiger partial charge in [-0.15, -0.1) is 0 Å². The van der Waals surface area contributed by atoms with Gasteiger partial charge in [-0.05, 0) is 42.3 Å². The van der Waals surface area contributed by atoms with Crippen LogP contribution in [0.3, 0.4) is 0 Å². The quantitative estimate of drug-likeness (QED) is 0.855. The zero-order valence-corrected chi connectivity index (χ0v) is 14.4. The average molecular weight is 365 g/mol. The SMILES string of the molecule is CC(C)CNC(=O)c1cccnc1Sc1ccc(Br)cc1. The molecule has 21 heavy (non-hydrogen) atoms. The van der Waals surface area contributed by atoms with E-state index in [4.69, 9.17) is 0 Å². The highest BCUT2D eigenvalue weighted by Crippen LogP contribution is 2.29. The number of carbonyl (C=O) groups is 1. The third kappa shape index (κ3) is 4.86. The van der Waals surface area contributed by atoms with Crippen LogP contribution in [0.2, 0.25) is 0 Å². The summed E-state index contributed by atoms with van der Waals surface area (Å²) >= 11 is 4.91. The van der Waals surface area contributed by atoms with Gasteiger partial charge in [0.1, 0.15) is 5.03 Å². The van der Waals surface area contributed by atoms with Crippen molar-refractivity contribution in [2.75, 3.05) is 6.54 Å². The van der Waals surface area contributed by atoms with E-state index in [-0.39, 0.29) is 5.91 Å². The van der Waals surface area contributed by atoms with Crippen molar-refractivity contribution in [3.8, 4) is 0 Å². The van der Waals surface area contributed by atoms with Crippen LogP contribution < -0.4 is 5.32 Å². The summed E-state index contributed by atoms with van der Waals surface area (Å²) in [6.07, 6.45) is 1.71. The molecule has 0 aliphatic carbocycles. The van der Waals surface area contributed by atoms with Gasteiger partial charge in [-0.3, -0.25) is 4.79 Å². The first-order valence-electron chi connectivity index (χ1n) is 6.73. The van der Waals surface area contributed by atoms with E-state index in [0.29, 0.717) is 18.0 Å². The molecule has 1 aromatic carbocycles. The van der Waals surface area contributed by atoms with E-state index >= 15 is 0 Å². The predicted octanol–water partition coefficient (Wildman–Crippen LogP) is 4.38. The first-order valence-corrected chi connectivity index (χ1v) is 8.34. The lowest BCUT2D eigenvalue weighted by atomic mass is 10.2. The first kappa shape index (κ1) is 16.0. The van der Waals surface area contributed by atoms with E-state index in [1.54, 1.807) is 12.3 Å². The minimum Gasteiger partial charge on any atom is -0.352 e. The van der Waals surface area contributed by atoms with Gasteiger partial charge in [-0.2, -0.15) is 0 Å². The van der Waals surface area contributed by atoms with E-state index in [1.165, 1.54) is 11.8 Å². The van der Waals surface area contributed by atoms with Gasteiger partial charge < -0.3 is 5.32 Å². The molecule has 2 rings (SSSR count). The van der Waals surface area contributed by atoms with E-state index < -0.39 is 0 Å². The van der Waals surface area contributed by atoms with Crippen LogP contribution in [-0.2, 0) is 0 Å². The van der Waals surface area contributed by atoms with Gasteiger partial charge in [0.25, 0.3) is 5.91 Å². The van der Waals surface area contributed by atoms with E-state index in [2.05, 4.69) is 40.1 Å². The van der Waals surface area contributed by atoms with Crippen LogP contribution in [0, 0.1) is 5.92 Å². The fourth-order valence-corrected chi connectivity index (χ4v) is 2.80. The van der Waals surface area contributed by atoms with Crippen molar-refractivity contribution in [3.63, 3.8) is 0 Å². The van der Waals surface area contributed by atoms with Crippen molar-refractivity contribution >= 4 is 33.6 Å². The zero-order valence-electron chi connectivity index (χ0n) is 12.0. The molecule has 1 heterocycles. The molecule has 1 amide bonds. The topological polar surface area (TPSA) is 42.0 Å². The summed E-state index contributed by atoms with van der Waals surface area (Å²) in [5.41, 5.74) is 0.617. The van der Waals surface area contributed by atoms with Crippen LogP contribution in [0.5, 0.6) is 0 Å². The maximum absolute atomic E-state index is 12.2. The summed E-state index contributed by atoms with van der Waals surface area (Å²) in [6, 6.07) is 11.5. The second-order valence-corrected chi connectivity index (χ2v) is 6.99. The fourth-order valence-electron chi connectivity index (χ4n) is 1.65. The van der Waals surface area contributed by atoms with Gasteiger partial charge in [0.05, 0.1) is 5.56 Å². The standard InChI is InChI=1S/C16H17BrN2OS/c1-11(2)10-19-15(20)14-4-3-9-18-16(14)21-13-7-5-12(17)6-8-13/h3-9,11H,10H2,1-2H3,(H,19,20). The van der Waals surface area contributed by atoms with Gasteiger partial charge in [0.2, 0.25) is 0 Å². The lowest BCUT2D eigenvalue weighted by Gasteiger charge is -2.10. The molecule has 0 saturated carbocycles. The molecule has 1 aromatic heterocycles. The lowest BCUT2D eigenvalue weighted by molar-refractivity contribution is 0.0945. The number of nitrogens with zero attached hydrogens (tertiary/aromatic N) is 1. The third-order valence-corrected chi connectivity index (χ3v) is 4.27. The van der Waals surface area contributed by atoms with Crippen LogP contribution in [-0.4, -0.2) is 17.4 Å². The largest absolute Gasteiger partial charge is 0.352 e. The van der Waals surface area contributed by atoms with Crippen molar-refractivity contribution < 1.29 is 4.79 Å². The second kappa shape index (κ2) is 7.61. The molecule has 0 unspecified atom stereocenters. The van der Waals surface area contributed by atoms with Crippen LogP contribution >= 0.6 is 27.7 Å². The summed E-state index contributed by atoms with van der Waals surface area (Å²) in [7, 11) is 0. The Hall–Kier alpha value is -1.33. The highest BCUT2D eigenvalue weighted by atomic mass is 79.9. The summed E-state index contributed by atoms with van der Waals surface area (Å²) in [6.45, 7) is 4.80. The third-order valence-electron chi connectivity index (χ3n) is 2.71. The monoisotopic (exact) mass is 364 g/mol. The molecule has 0 aliphatic heterocycles. The normalized spacial score (nSPS) is 10.7. The van der Waals surface area contributed by atoms with Crippen molar-refractivity contribution in [2.24, 2.45) is 5.92 Å². The minimum absolute atomic E-state index is 0.0728. The molecular weight excluding hydrogens is 348 g/mol. The van der Waals surface area contributed by atoms with Gasteiger partial charge in [-0.25, -0.2) is 4.98 Å². The highest BCUT2D eigenvalue weighted by molar-refractivity contribution is 9.10.